The van der Waals surface area contributed by atoms with Crippen LogP contribution in [0, 0.1) is 0 Å². The molecule has 0 aliphatic heterocycles. The van der Waals surface area contributed by atoms with Crippen LogP contribution in [-0.4, -0.2) is 37.2 Å². The number of hydrogen-bond acceptors (Lipinski definition) is 6. The Morgan fingerprint density at radius 3 is 0.953 bits per heavy atom. The molecule has 0 heterocycles. The van der Waals surface area contributed by atoms with Crippen LogP contribution in [0.15, 0.2) is 60.8 Å². The number of unbranched alkanes of at least 4 members (excludes halogenated alkanes) is 28. The first-order valence-electron chi connectivity index (χ1n) is 27.3. The minimum Gasteiger partial charge on any atom is -0.462 e. The van der Waals surface area contributed by atoms with Gasteiger partial charge in [-0.25, -0.2) is 0 Å². The highest BCUT2D eigenvalue weighted by Crippen LogP contribution is 2.16. The average molecular weight is 895 g/mol. The summed E-state index contributed by atoms with van der Waals surface area (Å²) in [6.45, 7) is 6.50. The number of esters is 3. The first-order chi connectivity index (χ1) is 31.5. The van der Waals surface area contributed by atoms with Gasteiger partial charge in [-0.15, -0.1) is 0 Å². The Hall–Kier alpha value is -2.89. The van der Waals surface area contributed by atoms with Gasteiger partial charge in [0.1, 0.15) is 13.2 Å². The monoisotopic (exact) mass is 895 g/mol. The molecule has 0 fully saturated rings. The zero-order chi connectivity index (χ0) is 46.5. The molecule has 1 unspecified atom stereocenters. The van der Waals surface area contributed by atoms with Crippen molar-refractivity contribution in [2.24, 2.45) is 0 Å². The molecule has 6 nitrogen and oxygen atoms in total. The Morgan fingerprint density at radius 1 is 0.328 bits per heavy atom. The molecule has 0 N–H and O–H groups in total. The van der Waals surface area contributed by atoms with E-state index in [1.165, 1.54) is 135 Å². The van der Waals surface area contributed by atoms with Gasteiger partial charge in [0.15, 0.2) is 6.10 Å². The van der Waals surface area contributed by atoms with Gasteiger partial charge in [0.25, 0.3) is 0 Å². The molecule has 370 valence electrons. The highest BCUT2D eigenvalue weighted by Gasteiger charge is 2.19. The SMILES string of the molecule is CC/C=C\C/C=C\C/C=C\C/C=C\C/C=C\CCCCCCCCCCCC(=O)OCC(COC(=O)CCCCCCCCCC)OC(=O)CCCCCCCCCCCCCCC. The van der Waals surface area contributed by atoms with E-state index in [1.54, 1.807) is 0 Å². The number of allylic oxidation sites excluding steroid dienone is 10. The molecule has 0 aliphatic rings. The molecule has 0 amide bonds. The zero-order valence-corrected chi connectivity index (χ0v) is 42.3. The summed E-state index contributed by atoms with van der Waals surface area (Å²) in [5, 5.41) is 0. The normalized spacial score (nSPS) is 12.5. The molecule has 0 saturated carbocycles. The van der Waals surface area contributed by atoms with Crippen LogP contribution in [0.3, 0.4) is 0 Å². The van der Waals surface area contributed by atoms with Gasteiger partial charge in [-0.05, 0) is 64.2 Å². The molecule has 0 aromatic carbocycles. The maximum atomic E-state index is 12.8. The lowest BCUT2D eigenvalue weighted by molar-refractivity contribution is -0.167. The highest BCUT2D eigenvalue weighted by atomic mass is 16.6. The molecule has 0 aromatic heterocycles. The summed E-state index contributed by atoms with van der Waals surface area (Å²) >= 11 is 0. The topological polar surface area (TPSA) is 78.9 Å². The molecular formula is C58H102O6. The fraction of sp³-hybridized carbons (Fsp3) is 0.776. The van der Waals surface area contributed by atoms with Crippen molar-refractivity contribution in [2.45, 2.75) is 277 Å². The summed E-state index contributed by atoms with van der Waals surface area (Å²) < 4.78 is 16.8. The number of carbonyl (C=O) groups is 3. The zero-order valence-electron chi connectivity index (χ0n) is 42.3. The van der Waals surface area contributed by atoms with Crippen molar-refractivity contribution in [2.75, 3.05) is 13.2 Å². The quantitative estimate of drug-likeness (QED) is 0.0262. The molecular weight excluding hydrogens is 793 g/mol. The Labute approximate surface area is 396 Å². The number of rotatable bonds is 49. The molecule has 0 spiro atoms. The maximum Gasteiger partial charge on any atom is 0.306 e. The van der Waals surface area contributed by atoms with Gasteiger partial charge in [-0.1, -0.05) is 248 Å². The predicted molar refractivity (Wildman–Crippen MR) is 275 cm³/mol. The molecule has 0 rings (SSSR count). The largest absolute Gasteiger partial charge is 0.462 e. The van der Waals surface area contributed by atoms with E-state index in [4.69, 9.17) is 14.2 Å². The van der Waals surface area contributed by atoms with E-state index in [0.29, 0.717) is 19.3 Å². The third kappa shape index (κ3) is 50.1. The fourth-order valence-electron chi connectivity index (χ4n) is 7.70. The molecule has 64 heavy (non-hydrogen) atoms. The van der Waals surface area contributed by atoms with E-state index in [2.05, 4.69) is 81.5 Å². The Bertz CT molecular complexity index is 1170. The van der Waals surface area contributed by atoms with Crippen molar-refractivity contribution >= 4 is 17.9 Å². The number of carbonyl (C=O) groups excluding carboxylic acids is 3. The molecule has 0 saturated heterocycles. The van der Waals surface area contributed by atoms with Crippen LogP contribution in [0.2, 0.25) is 0 Å². The Morgan fingerprint density at radius 2 is 0.609 bits per heavy atom. The summed E-state index contributed by atoms with van der Waals surface area (Å²) in [4.78, 5) is 37.9. The van der Waals surface area contributed by atoms with Crippen molar-refractivity contribution in [3.05, 3.63) is 60.8 Å². The van der Waals surface area contributed by atoms with E-state index < -0.39 is 6.10 Å². The lowest BCUT2D eigenvalue weighted by Gasteiger charge is -2.18. The van der Waals surface area contributed by atoms with Crippen LogP contribution in [0.25, 0.3) is 0 Å². The second kappa shape index (κ2) is 52.7. The lowest BCUT2D eigenvalue weighted by Crippen LogP contribution is -2.30. The van der Waals surface area contributed by atoms with Crippen LogP contribution < -0.4 is 0 Å². The van der Waals surface area contributed by atoms with E-state index in [-0.39, 0.29) is 31.1 Å². The summed E-state index contributed by atoms with van der Waals surface area (Å²) in [6, 6.07) is 0. The van der Waals surface area contributed by atoms with Crippen molar-refractivity contribution in [1.29, 1.82) is 0 Å². The van der Waals surface area contributed by atoms with Crippen LogP contribution in [-0.2, 0) is 28.6 Å². The summed E-state index contributed by atoms with van der Waals surface area (Å²) in [5.41, 5.74) is 0. The lowest BCUT2D eigenvalue weighted by atomic mass is 10.0. The minimum atomic E-state index is -0.770. The number of hydrogen-bond donors (Lipinski definition) is 0. The van der Waals surface area contributed by atoms with Crippen molar-refractivity contribution < 1.29 is 28.6 Å². The third-order valence-corrected chi connectivity index (χ3v) is 11.8. The number of ether oxygens (including phenoxy) is 3. The van der Waals surface area contributed by atoms with E-state index >= 15 is 0 Å². The van der Waals surface area contributed by atoms with Gasteiger partial charge in [0, 0.05) is 19.3 Å². The van der Waals surface area contributed by atoms with Crippen molar-refractivity contribution in [3.63, 3.8) is 0 Å². The van der Waals surface area contributed by atoms with Crippen molar-refractivity contribution in [3.8, 4) is 0 Å². The summed E-state index contributed by atoms with van der Waals surface area (Å²) in [7, 11) is 0. The molecule has 0 aromatic rings. The van der Waals surface area contributed by atoms with Gasteiger partial charge >= 0.3 is 17.9 Å². The predicted octanol–water partition coefficient (Wildman–Crippen LogP) is 18.0. The minimum absolute atomic E-state index is 0.0726. The van der Waals surface area contributed by atoms with Crippen LogP contribution in [0.1, 0.15) is 271 Å². The second-order valence-corrected chi connectivity index (χ2v) is 18.1. The highest BCUT2D eigenvalue weighted by molar-refractivity contribution is 5.71. The molecule has 0 aliphatic carbocycles. The van der Waals surface area contributed by atoms with Gasteiger partial charge in [-0.3, -0.25) is 14.4 Å². The first-order valence-corrected chi connectivity index (χ1v) is 27.3. The Balaban J connectivity index is 4.19. The molecule has 6 heteroatoms. The molecule has 1 atom stereocenters. The Kier molecular flexibility index (Phi) is 50.4. The van der Waals surface area contributed by atoms with E-state index in [9.17, 15) is 14.4 Å². The molecule has 0 bridgehead atoms. The van der Waals surface area contributed by atoms with Crippen LogP contribution >= 0.6 is 0 Å². The van der Waals surface area contributed by atoms with Gasteiger partial charge < -0.3 is 14.2 Å². The second-order valence-electron chi connectivity index (χ2n) is 18.1. The smallest absolute Gasteiger partial charge is 0.306 e. The fourth-order valence-corrected chi connectivity index (χ4v) is 7.70. The van der Waals surface area contributed by atoms with E-state index in [0.717, 1.165) is 96.3 Å². The summed E-state index contributed by atoms with van der Waals surface area (Å²) in [5.74, 6) is -0.875. The van der Waals surface area contributed by atoms with Gasteiger partial charge in [-0.2, -0.15) is 0 Å². The first kappa shape index (κ1) is 61.1. The molecule has 0 radical (unpaired) electrons. The standard InChI is InChI=1S/C58H102O6/c1-4-7-10-13-16-19-21-23-24-25-26-27-28-29-30-31-32-33-34-36-37-39-42-45-48-51-57(60)63-54-55(53-62-56(59)50-47-44-41-18-15-12-9-6-3)64-58(61)52-49-46-43-40-38-35-22-20-17-14-11-8-5-2/h7,10,16,19,23-24,26-27,29-30,55H,4-6,8-9,11-15,17-18,20-22,25,28,31-54H2,1-3H3/b10-7-,19-16-,24-23-,27-26-,30-29-. The average Bonchev–Trinajstić information content (AvgIpc) is 3.29. The van der Waals surface area contributed by atoms with Gasteiger partial charge in [0.2, 0.25) is 0 Å². The summed E-state index contributed by atoms with van der Waals surface area (Å²) in [6.07, 6.45) is 65.1. The van der Waals surface area contributed by atoms with E-state index in [1.807, 2.05) is 0 Å². The maximum absolute atomic E-state index is 12.8. The van der Waals surface area contributed by atoms with Crippen molar-refractivity contribution in [1.82, 2.24) is 0 Å². The van der Waals surface area contributed by atoms with Gasteiger partial charge in [0.05, 0.1) is 0 Å². The van der Waals surface area contributed by atoms with Crippen LogP contribution in [0.4, 0.5) is 0 Å². The van der Waals surface area contributed by atoms with Crippen LogP contribution in [0.5, 0.6) is 0 Å². The third-order valence-electron chi connectivity index (χ3n) is 11.8.